The van der Waals surface area contributed by atoms with Crippen LogP contribution < -0.4 is 10.2 Å². The topological polar surface area (TPSA) is 44.8 Å². The second-order valence-corrected chi connectivity index (χ2v) is 9.58. The van der Waals surface area contributed by atoms with Crippen molar-refractivity contribution in [3.8, 4) is 0 Å². The van der Waals surface area contributed by atoms with E-state index in [-0.39, 0.29) is 17.2 Å². The Bertz CT molecular complexity index is 728. The van der Waals surface area contributed by atoms with Crippen molar-refractivity contribution in [2.45, 2.75) is 63.5 Å². The molecule has 0 bridgehead atoms. The van der Waals surface area contributed by atoms with Crippen LogP contribution in [0.2, 0.25) is 0 Å². The van der Waals surface area contributed by atoms with E-state index in [0.29, 0.717) is 13.2 Å². The highest BCUT2D eigenvalue weighted by Gasteiger charge is 2.50. The van der Waals surface area contributed by atoms with Gasteiger partial charge in [0.25, 0.3) is 0 Å². The van der Waals surface area contributed by atoms with Gasteiger partial charge in [-0.15, -0.1) is 0 Å². The molecule has 0 aromatic heterocycles. The Hall–Kier alpha value is -1.59. The average molecular weight is 398 g/mol. The molecule has 4 saturated heterocycles. The molecule has 0 saturated carbocycles. The number of nitrogens with zero attached hydrogens (tertiary/aromatic N) is 2. The highest BCUT2D eigenvalue weighted by Crippen LogP contribution is 2.47. The zero-order chi connectivity index (χ0) is 19.8. The maximum absolute atomic E-state index is 12.6. The summed E-state index contributed by atoms with van der Waals surface area (Å²) in [6, 6.07) is 10.6. The molecule has 1 aromatic rings. The largest absolute Gasteiger partial charge is 0.381 e. The summed E-state index contributed by atoms with van der Waals surface area (Å²) in [4.78, 5) is 17.9. The first kappa shape index (κ1) is 19.4. The van der Waals surface area contributed by atoms with E-state index in [1.165, 1.54) is 43.5 Å². The van der Waals surface area contributed by atoms with E-state index in [4.69, 9.17) is 4.74 Å². The minimum Gasteiger partial charge on any atom is -0.381 e. The average Bonchev–Trinajstić information content (AvgIpc) is 3.35. The van der Waals surface area contributed by atoms with Gasteiger partial charge < -0.3 is 15.0 Å². The Morgan fingerprint density at radius 2 is 1.86 bits per heavy atom. The van der Waals surface area contributed by atoms with Crippen LogP contribution >= 0.6 is 0 Å². The molecule has 158 valence electrons. The highest BCUT2D eigenvalue weighted by molar-refractivity contribution is 5.86. The monoisotopic (exact) mass is 397 g/mol. The summed E-state index contributed by atoms with van der Waals surface area (Å²) in [7, 11) is 0. The van der Waals surface area contributed by atoms with Gasteiger partial charge >= 0.3 is 0 Å². The quantitative estimate of drug-likeness (QED) is 0.851. The Labute approximate surface area is 174 Å². The standard InChI is InChI=1S/C24H35N3O2/c1-18-3-2-13-27(18)21-8-14-26(15-9-21)20-6-4-19(5-7-20)22-17-29-16-11-24(22)10-12-25-23(24)28/h4-7,18,21-22H,2-3,8-17H2,1H3,(H,25,28)/t18-,22?,24?/m0/s1. The number of carbonyl (C=O) groups is 1. The van der Waals surface area contributed by atoms with E-state index in [1.54, 1.807) is 0 Å². The van der Waals surface area contributed by atoms with Crippen LogP contribution in [0.15, 0.2) is 24.3 Å². The number of nitrogens with one attached hydrogen (secondary N) is 1. The molecule has 4 heterocycles. The molecule has 0 radical (unpaired) electrons. The summed E-state index contributed by atoms with van der Waals surface area (Å²) in [5.41, 5.74) is 2.32. The van der Waals surface area contributed by atoms with Crippen LogP contribution in [0.1, 0.15) is 56.9 Å². The zero-order valence-electron chi connectivity index (χ0n) is 17.7. The third-order valence-electron chi connectivity index (χ3n) is 8.15. The molecular weight excluding hydrogens is 362 g/mol. The van der Waals surface area contributed by atoms with Crippen molar-refractivity contribution in [1.29, 1.82) is 0 Å². The maximum atomic E-state index is 12.6. The highest BCUT2D eigenvalue weighted by atomic mass is 16.5. The predicted octanol–water partition coefficient (Wildman–Crippen LogP) is 3.15. The van der Waals surface area contributed by atoms with Crippen LogP contribution in [0.25, 0.3) is 0 Å². The lowest BCUT2D eigenvalue weighted by atomic mass is 9.68. The van der Waals surface area contributed by atoms with Gasteiger partial charge in [0.2, 0.25) is 5.91 Å². The fourth-order valence-electron chi connectivity index (χ4n) is 6.34. The van der Waals surface area contributed by atoms with Crippen molar-refractivity contribution in [2.75, 3.05) is 44.3 Å². The van der Waals surface area contributed by atoms with Gasteiger partial charge in [-0.25, -0.2) is 0 Å². The molecule has 5 heteroatoms. The van der Waals surface area contributed by atoms with Crippen molar-refractivity contribution in [3.63, 3.8) is 0 Å². The number of hydrogen-bond acceptors (Lipinski definition) is 4. The van der Waals surface area contributed by atoms with Crippen molar-refractivity contribution >= 4 is 11.6 Å². The Morgan fingerprint density at radius 1 is 1.07 bits per heavy atom. The zero-order valence-corrected chi connectivity index (χ0v) is 17.7. The Balaban J connectivity index is 1.25. The molecule has 1 spiro atoms. The molecule has 1 N–H and O–H groups in total. The summed E-state index contributed by atoms with van der Waals surface area (Å²) in [5, 5.41) is 3.07. The van der Waals surface area contributed by atoms with Crippen LogP contribution in [0.3, 0.4) is 0 Å². The number of rotatable bonds is 3. The third kappa shape index (κ3) is 3.46. The Kier molecular flexibility index (Phi) is 5.29. The summed E-state index contributed by atoms with van der Waals surface area (Å²) in [6.45, 7) is 8.14. The molecule has 4 aliphatic heterocycles. The third-order valence-corrected chi connectivity index (χ3v) is 8.15. The first-order valence-corrected chi connectivity index (χ1v) is 11.6. The number of likely N-dealkylation sites (tertiary alicyclic amines) is 1. The molecule has 29 heavy (non-hydrogen) atoms. The normalized spacial score (nSPS) is 34.1. The fourth-order valence-corrected chi connectivity index (χ4v) is 6.34. The molecule has 1 aromatic carbocycles. The van der Waals surface area contributed by atoms with Gasteiger partial charge in [0, 0.05) is 49.9 Å². The number of carbonyl (C=O) groups excluding carboxylic acids is 1. The van der Waals surface area contributed by atoms with Gasteiger partial charge in [-0.1, -0.05) is 12.1 Å². The summed E-state index contributed by atoms with van der Waals surface area (Å²) >= 11 is 0. The van der Waals surface area contributed by atoms with Crippen LogP contribution in [0, 0.1) is 5.41 Å². The van der Waals surface area contributed by atoms with Crippen molar-refractivity contribution in [3.05, 3.63) is 29.8 Å². The van der Waals surface area contributed by atoms with E-state index in [2.05, 4.69) is 46.3 Å². The second-order valence-electron chi connectivity index (χ2n) is 9.58. The fraction of sp³-hybridized carbons (Fsp3) is 0.708. The van der Waals surface area contributed by atoms with Gasteiger partial charge in [0.1, 0.15) is 0 Å². The number of benzene rings is 1. The predicted molar refractivity (Wildman–Crippen MR) is 115 cm³/mol. The van der Waals surface area contributed by atoms with E-state index in [9.17, 15) is 4.79 Å². The molecule has 5 nitrogen and oxygen atoms in total. The van der Waals surface area contributed by atoms with Crippen LogP contribution in [-0.4, -0.2) is 62.3 Å². The van der Waals surface area contributed by atoms with Crippen molar-refractivity contribution in [1.82, 2.24) is 10.2 Å². The summed E-state index contributed by atoms with van der Waals surface area (Å²) in [5.74, 6) is 0.406. The van der Waals surface area contributed by atoms with Crippen molar-refractivity contribution < 1.29 is 9.53 Å². The lowest BCUT2D eigenvalue weighted by Crippen LogP contribution is -2.46. The van der Waals surface area contributed by atoms with Crippen LogP contribution in [-0.2, 0) is 9.53 Å². The number of ether oxygens (including phenoxy) is 1. The minimum atomic E-state index is -0.259. The smallest absolute Gasteiger partial charge is 0.227 e. The van der Waals surface area contributed by atoms with Gasteiger partial charge in [-0.05, 0) is 69.7 Å². The van der Waals surface area contributed by atoms with Gasteiger partial charge in [0.05, 0.1) is 12.0 Å². The molecular formula is C24H35N3O2. The Morgan fingerprint density at radius 3 is 2.52 bits per heavy atom. The lowest BCUT2D eigenvalue weighted by molar-refractivity contribution is -0.134. The molecule has 4 fully saturated rings. The molecule has 0 aliphatic carbocycles. The molecule has 3 atom stereocenters. The van der Waals surface area contributed by atoms with Crippen LogP contribution in [0.4, 0.5) is 5.69 Å². The SMILES string of the molecule is C[C@H]1CCCN1C1CCN(c2ccc(C3COCCC34CCNC4=O)cc2)CC1. The van der Waals surface area contributed by atoms with Gasteiger partial charge in [0.15, 0.2) is 0 Å². The summed E-state index contributed by atoms with van der Waals surface area (Å²) in [6.07, 6.45) is 7.05. The van der Waals surface area contributed by atoms with E-state index >= 15 is 0 Å². The summed E-state index contributed by atoms with van der Waals surface area (Å²) < 4.78 is 5.79. The van der Waals surface area contributed by atoms with Crippen molar-refractivity contribution in [2.24, 2.45) is 5.41 Å². The van der Waals surface area contributed by atoms with E-state index in [0.717, 1.165) is 44.6 Å². The maximum Gasteiger partial charge on any atom is 0.227 e. The van der Waals surface area contributed by atoms with E-state index in [1.807, 2.05) is 0 Å². The number of amides is 1. The first-order chi connectivity index (χ1) is 14.2. The lowest BCUT2D eigenvalue weighted by Gasteiger charge is -2.40. The molecule has 2 unspecified atom stereocenters. The number of hydrogen-bond donors (Lipinski definition) is 1. The second kappa shape index (κ2) is 7.92. The minimum absolute atomic E-state index is 0.176. The number of piperidine rings is 1. The first-order valence-electron chi connectivity index (χ1n) is 11.6. The molecule has 4 aliphatic rings. The molecule has 5 rings (SSSR count). The van der Waals surface area contributed by atoms with E-state index < -0.39 is 0 Å². The van der Waals surface area contributed by atoms with Gasteiger partial charge in [-0.3, -0.25) is 9.69 Å². The molecule has 1 amide bonds. The number of anilines is 1. The van der Waals surface area contributed by atoms with Crippen LogP contribution in [0.5, 0.6) is 0 Å². The van der Waals surface area contributed by atoms with Gasteiger partial charge in [-0.2, -0.15) is 0 Å².